The molecule has 1 heterocycles. The quantitative estimate of drug-likeness (QED) is 0.531. The van der Waals surface area contributed by atoms with Crippen LogP contribution >= 0.6 is 0 Å². The zero-order valence-corrected chi connectivity index (χ0v) is 7.51. The molecule has 0 aromatic heterocycles. The Bertz CT molecular complexity index is 188. The van der Waals surface area contributed by atoms with Gasteiger partial charge in [-0.15, -0.1) is 0 Å². The summed E-state index contributed by atoms with van der Waals surface area (Å²) < 4.78 is 0. The van der Waals surface area contributed by atoms with Gasteiger partial charge in [-0.25, -0.2) is 10.3 Å². The minimum absolute atomic E-state index is 0.130. The highest BCUT2D eigenvalue weighted by molar-refractivity contribution is 5.73. The van der Waals surface area contributed by atoms with Crippen molar-refractivity contribution in [1.29, 1.82) is 0 Å². The standard InChI is InChI=1S/C8H15N3O2/c12-8(10-6-1-2-6)11-13-7-3-4-9-5-7/h6-7,9H,1-5H2,(H2,10,11,12)/t7-/m1/s1. The number of carbonyl (C=O) groups excluding carboxylic acids is 1. The number of hydrogen-bond donors (Lipinski definition) is 3. The minimum atomic E-state index is -0.214. The third-order valence-corrected chi connectivity index (χ3v) is 2.25. The topological polar surface area (TPSA) is 62.4 Å². The van der Waals surface area contributed by atoms with Gasteiger partial charge in [-0.1, -0.05) is 0 Å². The summed E-state index contributed by atoms with van der Waals surface area (Å²) in [5, 5.41) is 5.93. The summed E-state index contributed by atoms with van der Waals surface area (Å²) in [7, 11) is 0. The number of urea groups is 1. The van der Waals surface area contributed by atoms with Gasteiger partial charge in [0.2, 0.25) is 0 Å². The number of rotatable bonds is 3. The molecule has 0 aromatic carbocycles. The molecule has 2 amide bonds. The number of carbonyl (C=O) groups is 1. The molecule has 1 saturated carbocycles. The Labute approximate surface area is 77.2 Å². The fourth-order valence-corrected chi connectivity index (χ4v) is 1.31. The molecule has 1 saturated heterocycles. The summed E-state index contributed by atoms with van der Waals surface area (Å²) in [5.41, 5.74) is 2.41. The fraction of sp³-hybridized carbons (Fsp3) is 0.875. The molecule has 1 aliphatic heterocycles. The lowest BCUT2D eigenvalue weighted by atomic mass is 10.3. The lowest BCUT2D eigenvalue weighted by Gasteiger charge is -2.11. The van der Waals surface area contributed by atoms with Gasteiger partial charge in [-0.05, 0) is 25.8 Å². The summed E-state index contributed by atoms with van der Waals surface area (Å²) in [5.74, 6) is 0. The van der Waals surface area contributed by atoms with E-state index >= 15 is 0 Å². The maximum absolute atomic E-state index is 11.1. The summed E-state index contributed by atoms with van der Waals surface area (Å²) in [6, 6.07) is 0.166. The van der Waals surface area contributed by atoms with Crippen LogP contribution in [0.4, 0.5) is 4.79 Å². The van der Waals surface area contributed by atoms with Gasteiger partial charge >= 0.3 is 6.03 Å². The number of hydrogen-bond acceptors (Lipinski definition) is 3. The van der Waals surface area contributed by atoms with Crippen LogP contribution in [0.5, 0.6) is 0 Å². The second kappa shape index (κ2) is 3.93. The van der Waals surface area contributed by atoms with E-state index in [4.69, 9.17) is 4.84 Å². The highest BCUT2D eigenvalue weighted by atomic mass is 16.7. The van der Waals surface area contributed by atoms with Crippen molar-refractivity contribution in [3.05, 3.63) is 0 Å². The Morgan fingerprint density at radius 3 is 2.85 bits per heavy atom. The van der Waals surface area contributed by atoms with Gasteiger partial charge in [0.25, 0.3) is 0 Å². The summed E-state index contributed by atoms with van der Waals surface area (Å²) in [6.07, 6.45) is 3.28. The summed E-state index contributed by atoms with van der Waals surface area (Å²) in [4.78, 5) is 16.3. The fourth-order valence-electron chi connectivity index (χ4n) is 1.31. The molecule has 1 aliphatic carbocycles. The van der Waals surface area contributed by atoms with Gasteiger partial charge in [0.1, 0.15) is 0 Å². The van der Waals surface area contributed by atoms with Crippen LogP contribution in [-0.2, 0) is 4.84 Å². The van der Waals surface area contributed by atoms with Crippen molar-refractivity contribution >= 4 is 6.03 Å². The molecule has 13 heavy (non-hydrogen) atoms. The monoisotopic (exact) mass is 185 g/mol. The summed E-state index contributed by atoms with van der Waals surface area (Å²) >= 11 is 0. The van der Waals surface area contributed by atoms with Crippen LogP contribution in [-0.4, -0.2) is 31.3 Å². The van der Waals surface area contributed by atoms with E-state index in [1.165, 1.54) is 0 Å². The Kier molecular flexibility index (Phi) is 2.65. The molecule has 2 rings (SSSR count). The molecule has 5 heteroatoms. The van der Waals surface area contributed by atoms with Crippen LogP contribution in [0.15, 0.2) is 0 Å². The molecular formula is C8H15N3O2. The lowest BCUT2D eigenvalue weighted by Crippen LogP contribution is -2.39. The van der Waals surface area contributed by atoms with Crippen LogP contribution in [0.3, 0.4) is 0 Å². The van der Waals surface area contributed by atoms with Crippen molar-refractivity contribution in [2.45, 2.75) is 31.4 Å². The first kappa shape index (κ1) is 8.77. The molecule has 2 fully saturated rings. The Morgan fingerprint density at radius 2 is 2.23 bits per heavy atom. The third-order valence-electron chi connectivity index (χ3n) is 2.25. The van der Waals surface area contributed by atoms with Crippen molar-refractivity contribution in [2.24, 2.45) is 0 Å². The van der Waals surface area contributed by atoms with Crippen LogP contribution < -0.4 is 16.1 Å². The van der Waals surface area contributed by atoms with Gasteiger partial charge in [0.15, 0.2) is 0 Å². The Hall–Kier alpha value is -0.810. The number of amides is 2. The van der Waals surface area contributed by atoms with Gasteiger partial charge in [0.05, 0.1) is 6.10 Å². The van der Waals surface area contributed by atoms with E-state index in [1.807, 2.05) is 0 Å². The average molecular weight is 185 g/mol. The average Bonchev–Trinajstić information content (AvgIpc) is 2.78. The molecule has 3 N–H and O–H groups in total. The largest absolute Gasteiger partial charge is 0.338 e. The van der Waals surface area contributed by atoms with E-state index < -0.39 is 0 Å². The first-order valence-electron chi connectivity index (χ1n) is 4.77. The maximum Gasteiger partial charge on any atom is 0.338 e. The molecule has 0 spiro atoms. The van der Waals surface area contributed by atoms with E-state index in [0.717, 1.165) is 32.4 Å². The lowest BCUT2D eigenvalue weighted by molar-refractivity contribution is 0.00713. The highest BCUT2D eigenvalue weighted by Gasteiger charge is 2.24. The smallest absolute Gasteiger partial charge is 0.334 e. The van der Waals surface area contributed by atoms with Crippen molar-refractivity contribution in [3.63, 3.8) is 0 Å². The predicted octanol–water partition coefficient (Wildman–Crippen LogP) is -0.259. The highest BCUT2D eigenvalue weighted by Crippen LogP contribution is 2.18. The van der Waals surface area contributed by atoms with Crippen LogP contribution in [0.2, 0.25) is 0 Å². The predicted molar refractivity (Wildman–Crippen MR) is 47.0 cm³/mol. The molecule has 0 bridgehead atoms. The van der Waals surface area contributed by atoms with Crippen molar-refractivity contribution in [1.82, 2.24) is 16.1 Å². The normalized spacial score (nSPS) is 27.2. The van der Waals surface area contributed by atoms with E-state index in [-0.39, 0.29) is 12.1 Å². The molecular weight excluding hydrogens is 170 g/mol. The molecule has 2 aliphatic rings. The maximum atomic E-state index is 11.1. The van der Waals surface area contributed by atoms with Gasteiger partial charge in [-0.3, -0.25) is 4.84 Å². The molecule has 0 radical (unpaired) electrons. The van der Waals surface area contributed by atoms with Crippen molar-refractivity contribution in [3.8, 4) is 0 Å². The van der Waals surface area contributed by atoms with E-state index in [9.17, 15) is 4.79 Å². The Morgan fingerprint density at radius 1 is 1.38 bits per heavy atom. The summed E-state index contributed by atoms with van der Waals surface area (Å²) in [6.45, 7) is 1.79. The second-order valence-corrected chi connectivity index (χ2v) is 3.58. The first-order valence-corrected chi connectivity index (χ1v) is 4.77. The van der Waals surface area contributed by atoms with E-state index in [2.05, 4.69) is 16.1 Å². The third kappa shape index (κ3) is 2.86. The Balaban J connectivity index is 1.57. The number of hydroxylamine groups is 1. The van der Waals surface area contributed by atoms with Crippen LogP contribution in [0.1, 0.15) is 19.3 Å². The molecule has 74 valence electrons. The molecule has 1 atom stereocenters. The van der Waals surface area contributed by atoms with Crippen LogP contribution in [0, 0.1) is 0 Å². The van der Waals surface area contributed by atoms with Gasteiger partial charge < -0.3 is 10.6 Å². The zero-order valence-electron chi connectivity index (χ0n) is 7.51. The molecule has 0 unspecified atom stereocenters. The van der Waals surface area contributed by atoms with Crippen molar-refractivity contribution < 1.29 is 9.63 Å². The minimum Gasteiger partial charge on any atom is -0.334 e. The molecule has 5 nitrogen and oxygen atoms in total. The molecule has 0 aromatic rings. The van der Waals surface area contributed by atoms with Crippen molar-refractivity contribution in [2.75, 3.05) is 13.1 Å². The second-order valence-electron chi connectivity index (χ2n) is 3.58. The van der Waals surface area contributed by atoms with Gasteiger partial charge in [-0.2, -0.15) is 0 Å². The first-order chi connectivity index (χ1) is 6.34. The van der Waals surface area contributed by atoms with E-state index in [1.54, 1.807) is 0 Å². The number of nitrogens with one attached hydrogen (secondary N) is 3. The van der Waals surface area contributed by atoms with Gasteiger partial charge in [0, 0.05) is 12.6 Å². The van der Waals surface area contributed by atoms with Crippen LogP contribution in [0.25, 0.3) is 0 Å². The van der Waals surface area contributed by atoms with E-state index in [0.29, 0.717) is 6.04 Å². The zero-order chi connectivity index (χ0) is 9.10. The SMILES string of the molecule is O=C(NO[C@@H]1CCNC1)NC1CC1.